The minimum atomic E-state index is 0.359. The zero-order valence-corrected chi connectivity index (χ0v) is 9.25. The van der Waals surface area contributed by atoms with Gasteiger partial charge < -0.3 is 15.7 Å². The van der Waals surface area contributed by atoms with Gasteiger partial charge in [-0.3, -0.25) is 0 Å². The van der Waals surface area contributed by atoms with Gasteiger partial charge in [0.1, 0.15) is 5.75 Å². The fraction of sp³-hybridized carbons (Fsp3) is 0.500. The van der Waals surface area contributed by atoms with Crippen LogP contribution in [-0.2, 0) is 6.42 Å². The Hall–Kier alpha value is -1.22. The van der Waals surface area contributed by atoms with Gasteiger partial charge in [-0.25, -0.2) is 0 Å². The summed E-state index contributed by atoms with van der Waals surface area (Å²) in [5.74, 6) is 0.359. The molecule has 1 aliphatic rings. The molecule has 2 unspecified atom stereocenters. The first-order valence-electron chi connectivity index (χ1n) is 5.44. The number of hydrogen-bond acceptors (Lipinski definition) is 3. The lowest BCUT2D eigenvalue weighted by molar-refractivity contribution is 0.474. The maximum atomic E-state index is 9.37. The van der Waals surface area contributed by atoms with E-state index < -0.39 is 0 Å². The molecule has 0 amide bonds. The molecular weight excluding hydrogens is 188 g/mol. The van der Waals surface area contributed by atoms with Gasteiger partial charge in [0.25, 0.3) is 0 Å². The molecule has 1 aliphatic heterocycles. The summed E-state index contributed by atoms with van der Waals surface area (Å²) < 4.78 is 0. The van der Waals surface area contributed by atoms with Crippen LogP contribution >= 0.6 is 0 Å². The Kier molecular flexibility index (Phi) is 2.82. The summed E-state index contributed by atoms with van der Waals surface area (Å²) in [5, 5.41) is 16.1. The fourth-order valence-corrected chi connectivity index (χ4v) is 2.11. The second-order valence-electron chi connectivity index (χ2n) is 4.31. The van der Waals surface area contributed by atoms with Crippen molar-refractivity contribution in [3.63, 3.8) is 0 Å². The van der Waals surface area contributed by atoms with Crippen molar-refractivity contribution in [1.82, 2.24) is 5.32 Å². The molecule has 0 spiro atoms. The first-order chi connectivity index (χ1) is 7.19. The van der Waals surface area contributed by atoms with Crippen LogP contribution in [0.1, 0.15) is 18.9 Å². The molecule has 82 valence electrons. The lowest BCUT2D eigenvalue weighted by Crippen LogP contribution is -2.29. The third-order valence-corrected chi connectivity index (χ3v) is 3.05. The molecule has 1 aromatic carbocycles. The SMILES string of the molecule is CNC(C)CC1Cc2cc(O)ccc2N1. The van der Waals surface area contributed by atoms with Crippen molar-refractivity contribution < 1.29 is 5.11 Å². The highest BCUT2D eigenvalue weighted by atomic mass is 16.3. The van der Waals surface area contributed by atoms with Crippen LogP contribution in [0.2, 0.25) is 0 Å². The molecule has 0 aromatic heterocycles. The van der Waals surface area contributed by atoms with E-state index in [1.807, 2.05) is 19.2 Å². The largest absolute Gasteiger partial charge is 0.508 e. The molecule has 2 rings (SSSR count). The first-order valence-corrected chi connectivity index (χ1v) is 5.44. The Bertz CT molecular complexity index is 351. The van der Waals surface area contributed by atoms with Crippen LogP contribution < -0.4 is 10.6 Å². The Morgan fingerprint density at radius 3 is 3.13 bits per heavy atom. The maximum absolute atomic E-state index is 9.37. The zero-order chi connectivity index (χ0) is 10.8. The lowest BCUT2D eigenvalue weighted by Gasteiger charge is -2.16. The predicted molar refractivity (Wildman–Crippen MR) is 62.4 cm³/mol. The minimum absolute atomic E-state index is 0.359. The molecule has 0 bridgehead atoms. The van der Waals surface area contributed by atoms with Gasteiger partial charge in [0, 0.05) is 17.8 Å². The van der Waals surface area contributed by atoms with E-state index in [1.54, 1.807) is 6.07 Å². The highest BCUT2D eigenvalue weighted by Crippen LogP contribution is 2.30. The van der Waals surface area contributed by atoms with Crippen LogP contribution in [0.25, 0.3) is 0 Å². The molecule has 0 saturated heterocycles. The number of anilines is 1. The van der Waals surface area contributed by atoms with Crippen molar-refractivity contribution >= 4 is 5.69 Å². The van der Waals surface area contributed by atoms with Crippen molar-refractivity contribution in [3.05, 3.63) is 23.8 Å². The van der Waals surface area contributed by atoms with Gasteiger partial charge in [-0.05, 0) is 50.6 Å². The van der Waals surface area contributed by atoms with E-state index in [0.29, 0.717) is 17.8 Å². The monoisotopic (exact) mass is 206 g/mol. The van der Waals surface area contributed by atoms with Crippen LogP contribution in [0.15, 0.2) is 18.2 Å². The fourth-order valence-electron chi connectivity index (χ4n) is 2.11. The zero-order valence-electron chi connectivity index (χ0n) is 9.25. The highest BCUT2D eigenvalue weighted by Gasteiger charge is 2.21. The predicted octanol–water partition coefficient (Wildman–Crippen LogP) is 1.73. The average Bonchev–Trinajstić information content (AvgIpc) is 2.59. The van der Waals surface area contributed by atoms with Gasteiger partial charge in [0.2, 0.25) is 0 Å². The number of benzene rings is 1. The molecule has 1 aromatic rings. The number of hydrogen-bond donors (Lipinski definition) is 3. The summed E-state index contributed by atoms with van der Waals surface area (Å²) in [6, 6.07) is 6.55. The van der Waals surface area contributed by atoms with Gasteiger partial charge in [0.05, 0.1) is 0 Å². The van der Waals surface area contributed by atoms with E-state index in [1.165, 1.54) is 11.3 Å². The molecule has 15 heavy (non-hydrogen) atoms. The van der Waals surface area contributed by atoms with E-state index in [-0.39, 0.29) is 0 Å². The topological polar surface area (TPSA) is 44.3 Å². The van der Waals surface area contributed by atoms with Crippen molar-refractivity contribution in [2.24, 2.45) is 0 Å². The number of rotatable bonds is 3. The number of nitrogens with one attached hydrogen (secondary N) is 2. The number of phenolic OH excluding ortho intramolecular Hbond substituents is 1. The summed E-state index contributed by atoms with van der Waals surface area (Å²) in [6.07, 6.45) is 2.11. The third kappa shape index (κ3) is 2.23. The van der Waals surface area contributed by atoms with E-state index in [0.717, 1.165) is 12.8 Å². The van der Waals surface area contributed by atoms with Crippen LogP contribution in [0.5, 0.6) is 5.75 Å². The smallest absolute Gasteiger partial charge is 0.116 e. The number of phenols is 1. The first kappa shape index (κ1) is 10.3. The van der Waals surface area contributed by atoms with Crippen LogP contribution in [-0.4, -0.2) is 24.2 Å². The van der Waals surface area contributed by atoms with Crippen LogP contribution in [0.4, 0.5) is 5.69 Å². The average molecular weight is 206 g/mol. The van der Waals surface area contributed by atoms with Crippen LogP contribution in [0, 0.1) is 0 Å². The summed E-state index contributed by atoms with van der Waals surface area (Å²) in [7, 11) is 1.98. The molecule has 0 fully saturated rings. The second-order valence-corrected chi connectivity index (χ2v) is 4.31. The van der Waals surface area contributed by atoms with Crippen molar-refractivity contribution in [3.8, 4) is 5.75 Å². The van der Waals surface area contributed by atoms with E-state index >= 15 is 0 Å². The van der Waals surface area contributed by atoms with Gasteiger partial charge >= 0.3 is 0 Å². The van der Waals surface area contributed by atoms with E-state index in [9.17, 15) is 5.11 Å². The normalized spacial score (nSPS) is 20.8. The quantitative estimate of drug-likeness (QED) is 0.660. The third-order valence-electron chi connectivity index (χ3n) is 3.05. The lowest BCUT2D eigenvalue weighted by atomic mass is 10.0. The van der Waals surface area contributed by atoms with Gasteiger partial charge in [-0.2, -0.15) is 0 Å². The van der Waals surface area contributed by atoms with Gasteiger partial charge in [-0.15, -0.1) is 0 Å². The number of aromatic hydroxyl groups is 1. The molecular formula is C12H18N2O. The van der Waals surface area contributed by atoms with Gasteiger partial charge in [-0.1, -0.05) is 0 Å². The van der Waals surface area contributed by atoms with Crippen molar-refractivity contribution in [2.75, 3.05) is 12.4 Å². The van der Waals surface area contributed by atoms with Crippen molar-refractivity contribution in [2.45, 2.75) is 31.8 Å². The van der Waals surface area contributed by atoms with Crippen LogP contribution in [0.3, 0.4) is 0 Å². The molecule has 1 heterocycles. The molecule has 0 saturated carbocycles. The highest BCUT2D eigenvalue weighted by molar-refractivity contribution is 5.58. The van der Waals surface area contributed by atoms with E-state index in [4.69, 9.17) is 0 Å². The van der Waals surface area contributed by atoms with E-state index in [2.05, 4.69) is 17.6 Å². The summed E-state index contributed by atoms with van der Waals surface area (Å²) in [5.41, 5.74) is 2.39. The minimum Gasteiger partial charge on any atom is -0.508 e. The standard InChI is InChI=1S/C12H18N2O/c1-8(13-2)5-10-6-9-7-11(15)3-4-12(9)14-10/h3-4,7-8,10,13-15H,5-6H2,1-2H3. The second kappa shape index (κ2) is 4.11. The molecule has 0 aliphatic carbocycles. The summed E-state index contributed by atoms with van der Waals surface area (Å²) in [6.45, 7) is 2.18. The molecule has 3 N–H and O–H groups in total. The summed E-state index contributed by atoms with van der Waals surface area (Å²) in [4.78, 5) is 0. The molecule has 2 atom stereocenters. The number of fused-ring (bicyclic) bond motifs is 1. The Balaban J connectivity index is 2.03. The summed E-state index contributed by atoms with van der Waals surface area (Å²) >= 11 is 0. The Labute approximate surface area is 90.5 Å². The Morgan fingerprint density at radius 1 is 1.60 bits per heavy atom. The maximum Gasteiger partial charge on any atom is 0.116 e. The molecule has 3 heteroatoms. The Morgan fingerprint density at radius 2 is 2.40 bits per heavy atom. The van der Waals surface area contributed by atoms with Crippen molar-refractivity contribution in [1.29, 1.82) is 0 Å². The molecule has 0 radical (unpaired) electrons. The molecule has 3 nitrogen and oxygen atoms in total. The van der Waals surface area contributed by atoms with Gasteiger partial charge in [0.15, 0.2) is 0 Å².